The number of aryl methyl sites for hydroxylation is 1. The number of hydrogen-bond donors (Lipinski definition) is 2. The maximum atomic E-state index is 12.9. The highest BCUT2D eigenvalue weighted by Gasteiger charge is 2.11. The number of nitrogens with one attached hydrogen (secondary N) is 1. The number of rotatable bonds is 1. The highest BCUT2D eigenvalue weighted by Crippen LogP contribution is 2.26. The molecule has 3 nitrogen and oxygen atoms in total. The van der Waals surface area contributed by atoms with Gasteiger partial charge in [-0.25, -0.2) is 8.78 Å². The Hall–Kier alpha value is -1.91. The van der Waals surface area contributed by atoms with Gasteiger partial charge in [0.2, 0.25) is 0 Å². The van der Waals surface area contributed by atoms with Crippen LogP contribution in [0, 0.1) is 18.6 Å². The fourth-order valence-electron chi connectivity index (χ4n) is 1.30. The number of anilines is 1. The van der Waals surface area contributed by atoms with Crippen LogP contribution in [-0.4, -0.2) is 10.2 Å². The van der Waals surface area contributed by atoms with Gasteiger partial charge in [-0.1, -0.05) is 0 Å². The predicted octanol–water partition coefficient (Wildman–Crippen LogP) is 2.25. The molecule has 0 saturated carbocycles. The molecule has 0 aliphatic carbocycles. The highest BCUT2D eigenvalue weighted by molar-refractivity contribution is 5.73. The van der Waals surface area contributed by atoms with E-state index in [0.29, 0.717) is 22.6 Å². The lowest BCUT2D eigenvalue weighted by Gasteiger charge is -1.99. The van der Waals surface area contributed by atoms with Crippen LogP contribution in [0.4, 0.5) is 14.5 Å². The zero-order valence-electron chi connectivity index (χ0n) is 8.01. The van der Waals surface area contributed by atoms with Gasteiger partial charge in [-0.3, -0.25) is 5.10 Å². The van der Waals surface area contributed by atoms with Gasteiger partial charge >= 0.3 is 0 Å². The first kappa shape index (κ1) is 9.64. The minimum atomic E-state index is -0.910. The van der Waals surface area contributed by atoms with Gasteiger partial charge in [0.1, 0.15) is 5.69 Å². The van der Waals surface area contributed by atoms with Crippen molar-refractivity contribution in [2.45, 2.75) is 6.92 Å². The highest BCUT2D eigenvalue weighted by atomic mass is 19.2. The van der Waals surface area contributed by atoms with Crippen molar-refractivity contribution in [1.82, 2.24) is 10.2 Å². The topological polar surface area (TPSA) is 54.7 Å². The summed E-state index contributed by atoms with van der Waals surface area (Å²) in [6, 6.07) is 3.56. The van der Waals surface area contributed by atoms with E-state index >= 15 is 0 Å². The number of nitrogens with zero attached hydrogens (tertiary/aromatic N) is 1. The van der Waals surface area contributed by atoms with E-state index < -0.39 is 11.6 Å². The van der Waals surface area contributed by atoms with Gasteiger partial charge in [0.25, 0.3) is 0 Å². The van der Waals surface area contributed by atoms with Crippen LogP contribution < -0.4 is 5.73 Å². The molecule has 0 bridgehead atoms. The maximum absolute atomic E-state index is 12.9. The van der Waals surface area contributed by atoms with Gasteiger partial charge in [-0.15, -0.1) is 0 Å². The number of aromatic nitrogens is 2. The quantitative estimate of drug-likeness (QED) is 0.756. The number of halogens is 2. The van der Waals surface area contributed by atoms with E-state index in [1.807, 2.05) is 0 Å². The second kappa shape index (κ2) is 3.34. The molecule has 5 heteroatoms. The van der Waals surface area contributed by atoms with Gasteiger partial charge in [0, 0.05) is 5.56 Å². The standard InChI is InChI=1S/C10H9F2N3/c1-5-9(13)10(15-14-5)6-2-3-7(11)8(12)4-6/h2-4H,13H2,1H3,(H,14,15). The van der Waals surface area contributed by atoms with Crippen molar-refractivity contribution in [1.29, 1.82) is 0 Å². The van der Waals surface area contributed by atoms with Crippen molar-refractivity contribution < 1.29 is 8.78 Å². The first-order chi connectivity index (χ1) is 7.09. The van der Waals surface area contributed by atoms with E-state index in [9.17, 15) is 8.78 Å². The third-order valence-electron chi connectivity index (χ3n) is 2.19. The first-order valence-corrected chi connectivity index (χ1v) is 4.35. The number of benzene rings is 1. The van der Waals surface area contributed by atoms with Crippen LogP contribution in [-0.2, 0) is 0 Å². The Morgan fingerprint density at radius 1 is 1.27 bits per heavy atom. The maximum Gasteiger partial charge on any atom is 0.159 e. The number of nitrogens with two attached hydrogens (primary N) is 1. The molecule has 1 aromatic heterocycles. The predicted molar refractivity (Wildman–Crippen MR) is 53.1 cm³/mol. The van der Waals surface area contributed by atoms with Gasteiger partial charge in [0.15, 0.2) is 11.6 Å². The Morgan fingerprint density at radius 2 is 2.00 bits per heavy atom. The number of H-pyrrole nitrogens is 1. The van der Waals surface area contributed by atoms with E-state index in [1.165, 1.54) is 6.07 Å². The third-order valence-corrected chi connectivity index (χ3v) is 2.19. The molecule has 15 heavy (non-hydrogen) atoms. The van der Waals surface area contributed by atoms with Gasteiger partial charge in [-0.05, 0) is 25.1 Å². The summed E-state index contributed by atoms with van der Waals surface area (Å²) >= 11 is 0. The molecule has 0 saturated heterocycles. The molecule has 0 aliphatic heterocycles. The monoisotopic (exact) mass is 209 g/mol. The van der Waals surface area contributed by atoms with Crippen LogP contribution in [0.5, 0.6) is 0 Å². The molecule has 1 heterocycles. The van der Waals surface area contributed by atoms with Crippen molar-refractivity contribution >= 4 is 5.69 Å². The molecule has 78 valence electrons. The smallest absolute Gasteiger partial charge is 0.159 e. The van der Waals surface area contributed by atoms with Crippen LogP contribution in [0.15, 0.2) is 18.2 Å². The molecule has 1 aromatic carbocycles. The largest absolute Gasteiger partial charge is 0.395 e. The van der Waals surface area contributed by atoms with Crippen molar-refractivity contribution in [3.8, 4) is 11.3 Å². The molecule has 0 fully saturated rings. The average Bonchev–Trinajstić information content (AvgIpc) is 2.53. The summed E-state index contributed by atoms with van der Waals surface area (Å²) in [6.45, 7) is 1.76. The molecule has 2 aromatic rings. The zero-order chi connectivity index (χ0) is 11.0. The fraction of sp³-hybridized carbons (Fsp3) is 0.100. The van der Waals surface area contributed by atoms with Gasteiger partial charge in [0.05, 0.1) is 11.4 Å². The first-order valence-electron chi connectivity index (χ1n) is 4.35. The Kier molecular flexibility index (Phi) is 2.15. The van der Waals surface area contributed by atoms with Crippen LogP contribution in [0.25, 0.3) is 11.3 Å². The summed E-state index contributed by atoms with van der Waals surface area (Å²) in [5.41, 5.74) is 7.75. The van der Waals surface area contributed by atoms with E-state index in [1.54, 1.807) is 6.92 Å². The van der Waals surface area contributed by atoms with Crippen molar-refractivity contribution in [3.05, 3.63) is 35.5 Å². The summed E-state index contributed by atoms with van der Waals surface area (Å²) in [5, 5.41) is 6.60. The van der Waals surface area contributed by atoms with Crippen LogP contribution in [0.1, 0.15) is 5.69 Å². The molecule has 0 radical (unpaired) electrons. The Balaban J connectivity index is 2.55. The number of aromatic amines is 1. The summed E-state index contributed by atoms with van der Waals surface area (Å²) in [7, 11) is 0. The van der Waals surface area contributed by atoms with E-state index in [4.69, 9.17) is 5.73 Å². The van der Waals surface area contributed by atoms with Crippen molar-refractivity contribution in [2.75, 3.05) is 5.73 Å². The SMILES string of the molecule is Cc1[nH]nc(-c2ccc(F)c(F)c2)c1N. The minimum absolute atomic E-state index is 0.436. The zero-order valence-corrected chi connectivity index (χ0v) is 8.01. The fourth-order valence-corrected chi connectivity index (χ4v) is 1.30. The number of nitrogen functional groups attached to an aromatic ring is 1. The van der Waals surface area contributed by atoms with Crippen LogP contribution in [0.2, 0.25) is 0 Å². The number of hydrogen-bond acceptors (Lipinski definition) is 2. The summed E-state index contributed by atoms with van der Waals surface area (Å²) < 4.78 is 25.6. The third kappa shape index (κ3) is 1.56. The molecule has 0 amide bonds. The molecular weight excluding hydrogens is 200 g/mol. The van der Waals surface area contributed by atoms with E-state index in [-0.39, 0.29) is 0 Å². The normalized spacial score (nSPS) is 10.6. The Morgan fingerprint density at radius 3 is 2.53 bits per heavy atom. The lowest BCUT2D eigenvalue weighted by Crippen LogP contribution is -1.90. The van der Waals surface area contributed by atoms with E-state index in [2.05, 4.69) is 10.2 Å². The lowest BCUT2D eigenvalue weighted by molar-refractivity contribution is 0.509. The molecule has 0 aliphatic rings. The Labute approximate surface area is 84.9 Å². The summed E-state index contributed by atoms with van der Waals surface area (Å²) in [6.07, 6.45) is 0. The second-order valence-electron chi connectivity index (χ2n) is 3.24. The minimum Gasteiger partial charge on any atom is -0.395 e. The molecular formula is C10H9F2N3. The van der Waals surface area contributed by atoms with E-state index in [0.717, 1.165) is 12.1 Å². The molecule has 0 spiro atoms. The van der Waals surface area contributed by atoms with Crippen molar-refractivity contribution in [3.63, 3.8) is 0 Å². The van der Waals surface area contributed by atoms with Gasteiger partial charge in [-0.2, -0.15) is 5.10 Å². The summed E-state index contributed by atoms with van der Waals surface area (Å²) in [4.78, 5) is 0. The molecule has 2 rings (SSSR count). The lowest BCUT2D eigenvalue weighted by atomic mass is 10.1. The molecule has 3 N–H and O–H groups in total. The average molecular weight is 209 g/mol. The molecule has 0 atom stereocenters. The van der Waals surface area contributed by atoms with Crippen molar-refractivity contribution in [2.24, 2.45) is 0 Å². The van der Waals surface area contributed by atoms with Crippen LogP contribution >= 0.6 is 0 Å². The van der Waals surface area contributed by atoms with Gasteiger partial charge < -0.3 is 5.73 Å². The Bertz CT molecular complexity index is 505. The molecule has 0 unspecified atom stereocenters. The second-order valence-corrected chi connectivity index (χ2v) is 3.24. The summed E-state index contributed by atoms with van der Waals surface area (Å²) in [5.74, 6) is -1.79. The van der Waals surface area contributed by atoms with Crippen LogP contribution in [0.3, 0.4) is 0 Å².